The Labute approximate surface area is 138 Å². The first-order valence-electron chi connectivity index (χ1n) is 6.81. The number of benzene rings is 2. The minimum Gasteiger partial charge on any atom is -0.507 e. The second kappa shape index (κ2) is 7.15. The fourth-order valence-electron chi connectivity index (χ4n) is 2.11. The summed E-state index contributed by atoms with van der Waals surface area (Å²) in [6, 6.07) is 10.5. The number of allylic oxidation sites excluding steroid dienone is 1. The number of ether oxygens (including phenoxy) is 2. The number of hydrogen-bond acceptors (Lipinski definition) is 6. The second-order valence-electron chi connectivity index (χ2n) is 4.74. The fraction of sp³-hybridized carbons (Fsp3) is 0.118. The molecule has 0 amide bonds. The number of methoxy groups -OCH3 is 2. The lowest BCUT2D eigenvalue weighted by molar-refractivity contribution is -0.384. The minimum atomic E-state index is -0.570. The summed E-state index contributed by atoms with van der Waals surface area (Å²) < 4.78 is 10.3. The lowest BCUT2D eigenvalue weighted by Crippen LogP contribution is -1.92. The number of hydrogen-bond donors (Lipinski definition) is 1. The van der Waals surface area contributed by atoms with Crippen molar-refractivity contribution in [3.63, 3.8) is 0 Å². The molecule has 0 radical (unpaired) electrons. The molecule has 0 heterocycles. The molecule has 1 N–H and O–H groups in total. The Kier molecular flexibility index (Phi) is 5.02. The van der Waals surface area contributed by atoms with E-state index in [1.807, 2.05) is 6.07 Å². The van der Waals surface area contributed by atoms with Crippen LogP contribution in [0.15, 0.2) is 36.4 Å². The van der Waals surface area contributed by atoms with Crippen LogP contribution >= 0.6 is 0 Å². The summed E-state index contributed by atoms with van der Waals surface area (Å²) in [5, 5.41) is 30.1. The number of nitriles is 1. The molecular weight excluding hydrogens is 312 g/mol. The average molecular weight is 326 g/mol. The Hall–Kier alpha value is -3.53. The largest absolute Gasteiger partial charge is 0.507 e. The van der Waals surface area contributed by atoms with Gasteiger partial charge in [-0.15, -0.1) is 0 Å². The molecule has 0 saturated heterocycles. The molecule has 122 valence electrons. The van der Waals surface area contributed by atoms with E-state index in [1.54, 1.807) is 18.2 Å². The first-order chi connectivity index (χ1) is 11.5. The van der Waals surface area contributed by atoms with Crippen molar-refractivity contribution < 1.29 is 19.5 Å². The molecule has 2 aromatic carbocycles. The standard InChI is InChI=1S/C17H14N2O5/c1-23-16-6-3-11(9-17(16)24-2)13(10-18)7-12-8-14(19(21)22)4-5-15(12)20/h3-9,20H,1-2H3/b13-7+. The van der Waals surface area contributed by atoms with Crippen molar-refractivity contribution in [3.05, 3.63) is 57.6 Å². The summed E-state index contributed by atoms with van der Waals surface area (Å²) in [5.41, 5.74) is 0.743. The molecule has 0 saturated carbocycles. The van der Waals surface area contributed by atoms with E-state index in [0.717, 1.165) is 0 Å². The number of phenols is 1. The lowest BCUT2D eigenvalue weighted by Gasteiger charge is -2.09. The van der Waals surface area contributed by atoms with Crippen molar-refractivity contribution in [2.24, 2.45) is 0 Å². The monoisotopic (exact) mass is 326 g/mol. The minimum absolute atomic E-state index is 0.158. The van der Waals surface area contributed by atoms with Crippen LogP contribution in [0.1, 0.15) is 11.1 Å². The molecular formula is C17H14N2O5. The summed E-state index contributed by atoms with van der Waals surface area (Å²) >= 11 is 0. The maximum Gasteiger partial charge on any atom is 0.270 e. The Balaban J connectivity index is 2.53. The van der Waals surface area contributed by atoms with E-state index in [4.69, 9.17) is 9.47 Å². The van der Waals surface area contributed by atoms with Crippen LogP contribution in [-0.4, -0.2) is 24.2 Å². The van der Waals surface area contributed by atoms with Crippen molar-refractivity contribution in [2.75, 3.05) is 14.2 Å². The zero-order valence-corrected chi connectivity index (χ0v) is 13.0. The van der Waals surface area contributed by atoms with Crippen molar-refractivity contribution >= 4 is 17.3 Å². The van der Waals surface area contributed by atoms with Gasteiger partial charge in [0.15, 0.2) is 11.5 Å². The van der Waals surface area contributed by atoms with Gasteiger partial charge in [0, 0.05) is 17.7 Å². The van der Waals surface area contributed by atoms with Gasteiger partial charge in [-0.3, -0.25) is 10.1 Å². The van der Waals surface area contributed by atoms with Crippen LogP contribution in [0, 0.1) is 21.4 Å². The van der Waals surface area contributed by atoms with Crippen LogP contribution in [0.4, 0.5) is 5.69 Å². The van der Waals surface area contributed by atoms with E-state index in [1.165, 1.54) is 38.5 Å². The van der Waals surface area contributed by atoms with E-state index in [2.05, 4.69) is 0 Å². The van der Waals surface area contributed by atoms with Crippen LogP contribution in [0.2, 0.25) is 0 Å². The number of phenolic OH excluding ortho intramolecular Hbond substituents is 1. The molecule has 0 aliphatic carbocycles. The molecule has 0 bridgehead atoms. The van der Waals surface area contributed by atoms with Crippen LogP contribution in [-0.2, 0) is 0 Å². The summed E-state index contributed by atoms with van der Waals surface area (Å²) in [5.74, 6) is 0.796. The zero-order valence-electron chi connectivity index (χ0n) is 13.0. The van der Waals surface area contributed by atoms with Gasteiger partial charge in [0.05, 0.1) is 30.8 Å². The summed E-state index contributed by atoms with van der Waals surface area (Å²) in [6.07, 6.45) is 1.38. The maximum atomic E-state index is 10.9. The van der Waals surface area contributed by atoms with Gasteiger partial charge in [-0.05, 0) is 35.9 Å². The molecule has 2 rings (SSSR count). The SMILES string of the molecule is COc1ccc(/C(C#N)=C/c2cc([N+](=O)[O-])ccc2O)cc1OC. The van der Waals surface area contributed by atoms with E-state index in [9.17, 15) is 20.5 Å². The predicted molar refractivity (Wildman–Crippen MR) is 87.8 cm³/mol. The molecule has 0 spiro atoms. The molecule has 0 unspecified atom stereocenters. The number of aromatic hydroxyl groups is 1. The highest BCUT2D eigenvalue weighted by Crippen LogP contribution is 2.32. The summed E-state index contributed by atoms with van der Waals surface area (Å²) in [6.45, 7) is 0. The fourth-order valence-corrected chi connectivity index (χ4v) is 2.11. The third-order valence-corrected chi connectivity index (χ3v) is 3.34. The van der Waals surface area contributed by atoms with Gasteiger partial charge >= 0.3 is 0 Å². The summed E-state index contributed by atoms with van der Waals surface area (Å²) in [7, 11) is 2.98. The average Bonchev–Trinajstić information content (AvgIpc) is 2.60. The first kappa shape index (κ1) is 16.8. The number of nitro benzene ring substituents is 1. The Bertz CT molecular complexity index is 853. The highest BCUT2D eigenvalue weighted by molar-refractivity contribution is 5.91. The van der Waals surface area contributed by atoms with Crippen LogP contribution < -0.4 is 9.47 Å². The van der Waals surface area contributed by atoms with Gasteiger partial charge in [0.1, 0.15) is 5.75 Å². The third kappa shape index (κ3) is 3.44. The van der Waals surface area contributed by atoms with Gasteiger partial charge < -0.3 is 14.6 Å². The molecule has 7 heteroatoms. The number of nitrogens with zero attached hydrogens (tertiary/aromatic N) is 2. The van der Waals surface area contributed by atoms with Crippen molar-refractivity contribution in [1.29, 1.82) is 5.26 Å². The van der Waals surface area contributed by atoms with Crippen LogP contribution in [0.3, 0.4) is 0 Å². The molecule has 24 heavy (non-hydrogen) atoms. The molecule has 0 atom stereocenters. The van der Waals surface area contributed by atoms with Crippen molar-refractivity contribution in [2.45, 2.75) is 0 Å². The van der Waals surface area contributed by atoms with Crippen molar-refractivity contribution in [3.8, 4) is 23.3 Å². The topological polar surface area (TPSA) is 106 Å². The third-order valence-electron chi connectivity index (χ3n) is 3.34. The van der Waals surface area contributed by atoms with Crippen LogP contribution in [0.25, 0.3) is 11.6 Å². The highest BCUT2D eigenvalue weighted by atomic mass is 16.6. The van der Waals surface area contributed by atoms with E-state index < -0.39 is 4.92 Å². The van der Waals surface area contributed by atoms with Crippen LogP contribution in [0.5, 0.6) is 17.2 Å². The molecule has 0 aliphatic rings. The Morgan fingerprint density at radius 1 is 1.21 bits per heavy atom. The van der Waals surface area contributed by atoms with Gasteiger partial charge in [0.25, 0.3) is 5.69 Å². The maximum absolute atomic E-state index is 10.9. The van der Waals surface area contributed by atoms with Gasteiger partial charge in [-0.25, -0.2) is 0 Å². The van der Waals surface area contributed by atoms with Gasteiger partial charge in [-0.1, -0.05) is 0 Å². The number of non-ortho nitro benzene ring substituents is 1. The predicted octanol–water partition coefficient (Wildman–Crippen LogP) is 3.38. The Morgan fingerprint density at radius 3 is 2.50 bits per heavy atom. The zero-order chi connectivity index (χ0) is 17.7. The molecule has 0 aliphatic heterocycles. The van der Waals surface area contributed by atoms with Gasteiger partial charge in [-0.2, -0.15) is 5.26 Å². The molecule has 0 aromatic heterocycles. The second-order valence-corrected chi connectivity index (χ2v) is 4.74. The van der Waals surface area contributed by atoms with E-state index in [0.29, 0.717) is 17.1 Å². The van der Waals surface area contributed by atoms with Gasteiger partial charge in [0.2, 0.25) is 0 Å². The molecule has 7 nitrogen and oxygen atoms in total. The number of rotatable bonds is 5. The van der Waals surface area contributed by atoms with E-state index >= 15 is 0 Å². The summed E-state index contributed by atoms with van der Waals surface area (Å²) in [4.78, 5) is 10.3. The molecule has 0 fully saturated rings. The Morgan fingerprint density at radius 2 is 1.92 bits per heavy atom. The smallest absolute Gasteiger partial charge is 0.270 e. The quantitative estimate of drug-likeness (QED) is 0.391. The first-order valence-corrected chi connectivity index (χ1v) is 6.81. The van der Waals surface area contributed by atoms with E-state index in [-0.39, 0.29) is 22.6 Å². The lowest BCUT2D eigenvalue weighted by atomic mass is 10.0. The highest BCUT2D eigenvalue weighted by Gasteiger charge is 2.12. The van der Waals surface area contributed by atoms with Crippen molar-refractivity contribution in [1.82, 2.24) is 0 Å². The molecule has 2 aromatic rings. The number of nitro groups is 1. The normalized spacial score (nSPS) is 10.8.